The van der Waals surface area contributed by atoms with Crippen LogP contribution in [0.2, 0.25) is 5.02 Å². The van der Waals surface area contributed by atoms with E-state index in [1.807, 2.05) is 26.8 Å². The van der Waals surface area contributed by atoms with Gasteiger partial charge >= 0.3 is 12.1 Å². The molecule has 0 amide bonds. The van der Waals surface area contributed by atoms with Crippen molar-refractivity contribution in [2.45, 2.75) is 63.8 Å². The molecular formula is C27H31ClF3NO4. The number of ether oxygens (including phenoxy) is 3. The van der Waals surface area contributed by atoms with Crippen LogP contribution < -0.4 is 9.47 Å². The first-order valence-corrected chi connectivity index (χ1v) is 12.4. The first-order valence-electron chi connectivity index (χ1n) is 12.1. The Morgan fingerprint density at radius 2 is 1.86 bits per heavy atom. The molecule has 0 atom stereocenters. The normalized spacial score (nSPS) is 17.5. The fourth-order valence-corrected chi connectivity index (χ4v) is 5.06. The van der Waals surface area contributed by atoms with Gasteiger partial charge in [0.2, 0.25) is 0 Å². The summed E-state index contributed by atoms with van der Waals surface area (Å²) in [6, 6.07) is 9.16. The van der Waals surface area contributed by atoms with Crippen molar-refractivity contribution in [2.75, 3.05) is 26.2 Å². The molecule has 1 saturated heterocycles. The third-order valence-corrected chi connectivity index (χ3v) is 7.06. The average molecular weight is 526 g/mol. The van der Waals surface area contributed by atoms with Gasteiger partial charge in [-0.2, -0.15) is 13.2 Å². The number of carbonyl (C=O) groups excluding carboxylic acids is 1. The number of halogens is 4. The number of fused-ring (bicyclic) bond motifs is 2. The minimum Gasteiger partial charge on any atom is -0.492 e. The predicted octanol–water partition coefficient (Wildman–Crippen LogP) is 6.40. The van der Waals surface area contributed by atoms with Gasteiger partial charge in [0, 0.05) is 34.2 Å². The number of rotatable bonds is 6. The molecule has 5 nitrogen and oxygen atoms in total. The SMILES string of the molecule is CC(C)(C)OC(=O)CCN1CCC2(CC1)COc1cc(OCc3c(Cl)cccc3C(F)(F)F)ccc12. The maximum atomic E-state index is 13.4. The van der Waals surface area contributed by atoms with Gasteiger partial charge < -0.3 is 19.1 Å². The highest BCUT2D eigenvalue weighted by Gasteiger charge is 2.43. The molecule has 0 bridgehead atoms. The Morgan fingerprint density at radius 3 is 2.53 bits per heavy atom. The Hall–Kier alpha value is -2.45. The van der Waals surface area contributed by atoms with Gasteiger partial charge in [0.05, 0.1) is 18.6 Å². The number of nitrogens with zero attached hydrogens (tertiary/aromatic N) is 1. The monoisotopic (exact) mass is 525 g/mol. The highest BCUT2D eigenvalue weighted by atomic mass is 35.5. The number of hydrogen-bond acceptors (Lipinski definition) is 5. The number of benzene rings is 2. The summed E-state index contributed by atoms with van der Waals surface area (Å²) in [5, 5.41) is 0.0135. The summed E-state index contributed by atoms with van der Waals surface area (Å²) in [4.78, 5) is 14.3. The molecular weight excluding hydrogens is 495 g/mol. The van der Waals surface area contributed by atoms with Crippen molar-refractivity contribution >= 4 is 17.6 Å². The van der Waals surface area contributed by atoms with E-state index in [4.69, 9.17) is 25.8 Å². The highest BCUT2D eigenvalue weighted by Crippen LogP contribution is 2.47. The van der Waals surface area contributed by atoms with Gasteiger partial charge in [0.15, 0.2) is 0 Å². The van der Waals surface area contributed by atoms with Gasteiger partial charge in [-0.25, -0.2) is 0 Å². The smallest absolute Gasteiger partial charge is 0.416 e. The van der Waals surface area contributed by atoms with Crippen molar-refractivity contribution in [3.63, 3.8) is 0 Å². The predicted molar refractivity (Wildman–Crippen MR) is 131 cm³/mol. The highest BCUT2D eigenvalue weighted by molar-refractivity contribution is 6.31. The van der Waals surface area contributed by atoms with Crippen molar-refractivity contribution in [1.29, 1.82) is 0 Å². The Balaban J connectivity index is 1.36. The summed E-state index contributed by atoms with van der Waals surface area (Å²) in [6.07, 6.45) is -2.37. The van der Waals surface area contributed by atoms with Crippen LogP contribution in [-0.2, 0) is 27.7 Å². The summed E-state index contributed by atoms with van der Waals surface area (Å²) in [5.41, 5.74) is -0.393. The first kappa shape index (κ1) is 26.6. The molecule has 2 aliphatic rings. The van der Waals surface area contributed by atoms with Crippen molar-refractivity contribution in [3.8, 4) is 11.5 Å². The number of alkyl halides is 3. The van der Waals surface area contributed by atoms with Crippen LogP contribution in [0.25, 0.3) is 0 Å². The molecule has 2 heterocycles. The second-order valence-electron chi connectivity index (χ2n) is 10.5. The van der Waals surface area contributed by atoms with Crippen molar-refractivity contribution in [3.05, 3.63) is 58.1 Å². The van der Waals surface area contributed by atoms with E-state index in [0.717, 1.165) is 37.6 Å². The molecule has 2 aromatic carbocycles. The van der Waals surface area contributed by atoms with Crippen molar-refractivity contribution < 1.29 is 32.2 Å². The minimum absolute atomic E-state index is 0.0135. The van der Waals surface area contributed by atoms with Crippen LogP contribution in [0.4, 0.5) is 13.2 Å². The fraction of sp³-hybridized carbons (Fsp3) is 0.519. The van der Waals surface area contributed by atoms with Gasteiger partial charge in [-0.05, 0) is 64.9 Å². The summed E-state index contributed by atoms with van der Waals surface area (Å²) in [6.45, 7) is 8.18. The molecule has 0 radical (unpaired) electrons. The molecule has 2 aliphatic heterocycles. The van der Waals surface area contributed by atoms with Gasteiger partial charge in [-0.1, -0.05) is 23.7 Å². The molecule has 0 aromatic heterocycles. The number of piperidine rings is 1. The van der Waals surface area contributed by atoms with E-state index < -0.39 is 17.3 Å². The van der Waals surface area contributed by atoms with E-state index in [9.17, 15) is 18.0 Å². The molecule has 36 heavy (non-hydrogen) atoms. The maximum Gasteiger partial charge on any atom is 0.416 e. The zero-order chi connectivity index (χ0) is 26.1. The number of esters is 1. The third kappa shape index (κ3) is 6.09. The fourth-order valence-electron chi connectivity index (χ4n) is 4.83. The van der Waals surface area contributed by atoms with E-state index in [1.165, 1.54) is 12.1 Å². The molecule has 0 saturated carbocycles. The van der Waals surface area contributed by atoms with Gasteiger partial charge in [0.25, 0.3) is 0 Å². The van der Waals surface area contributed by atoms with E-state index >= 15 is 0 Å². The average Bonchev–Trinajstić information content (AvgIpc) is 3.13. The van der Waals surface area contributed by atoms with Gasteiger partial charge in [-0.3, -0.25) is 4.79 Å². The Bertz CT molecular complexity index is 1110. The molecule has 1 spiro atoms. The van der Waals surface area contributed by atoms with Gasteiger partial charge in [-0.15, -0.1) is 0 Å². The lowest BCUT2D eigenvalue weighted by Gasteiger charge is -2.38. The lowest BCUT2D eigenvalue weighted by atomic mass is 9.74. The molecule has 9 heteroatoms. The molecule has 0 N–H and O–H groups in total. The summed E-state index contributed by atoms with van der Waals surface area (Å²) in [5.74, 6) is 0.933. The third-order valence-electron chi connectivity index (χ3n) is 6.70. The molecule has 0 aliphatic carbocycles. The number of likely N-dealkylation sites (tertiary alicyclic amines) is 1. The number of carbonyl (C=O) groups is 1. The lowest BCUT2D eigenvalue weighted by Crippen LogP contribution is -2.44. The molecule has 4 rings (SSSR count). The Kier molecular flexibility index (Phi) is 7.49. The largest absolute Gasteiger partial charge is 0.492 e. The Labute approximate surface area is 214 Å². The van der Waals surface area contributed by atoms with Crippen molar-refractivity contribution in [1.82, 2.24) is 4.90 Å². The summed E-state index contributed by atoms with van der Waals surface area (Å²) >= 11 is 6.04. The van der Waals surface area contributed by atoms with Crippen LogP contribution >= 0.6 is 11.6 Å². The molecule has 2 aromatic rings. The van der Waals surface area contributed by atoms with Crippen molar-refractivity contribution in [2.24, 2.45) is 0 Å². The topological polar surface area (TPSA) is 48.0 Å². The maximum absolute atomic E-state index is 13.4. The van der Waals surface area contributed by atoms with E-state index in [0.29, 0.717) is 31.1 Å². The lowest BCUT2D eigenvalue weighted by molar-refractivity contribution is -0.155. The molecule has 196 valence electrons. The quantitative estimate of drug-likeness (QED) is 0.409. The second kappa shape index (κ2) is 10.1. The second-order valence-corrected chi connectivity index (χ2v) is 10.9. The summed E-state index contributed by atoms with van der Waals surface area (Å²) in [7, 11) is 0. The van der Waals surface area contributed by atoms with Crippen LogP contribution in [0.15, 0.2) is 36.4 Å². The van der Waals surface area contributed by atoms with Crippen LogP contribution in [0.1, 0.15) is 56.7 Å². The van der Waals surface area contributed by atoms with Crippen LogP contribution in [0.5, 0.6) is 11.5 Å². The zero-order valence-corrected chi connectivity index (χ0v) is 21.5. The standard InChI is InChI=1S/C27H31ClF3NO4/c1-25(2,3)36-24(33)9-12-32-13-10-26(11-14-32)17-35-23-15-18(7-8-21(23)26)34-16-19-20(27(29,30)31)5-4-6-22(19)28/h4-8,15H,9-14,16-17H2,1-3H3. The number of hydrogen-bond donors (Lipinski definition) is 0. The van der Waals surface area contributed by atoms with E-state index in [2.05, 4.69) is 4.90 Å². The van der Waals surface area contributed by atoms with Crippen LogP contribution in [0.3, 0.4) is 0 Å². The Morgan fingerprint density at radius 1 is 1.14 bits per heavy atom. The van der Waals surface area contributed by atoms with Crippen LogP contribution in [-0.4, -0.2) is 42.7 Å². The summed E-state index contributed by atoms with van der Waals surface area (Å²) < 4.78 is 57.2. The van der Waals surface area contributed by atoms with Crippen LogP contribution in [0, 0.1) is 0 Å². The molecule has 1 fully saturated rings. The zero-order valence-electron chi connectivity index (χ0n) is 20.7. The molecule has 0 unspecified atom stereocenters. The van der Waals surface area contributed by atoms with Gasteiger partial charge in [0.1, 0.15) is 23.7 Å². The van der Waals surface area contributed by atoms with E-state index in [-0.39, 0.29) is 28.6 Å². The van der Waals surface area contributed by atoms with E-state index in [1.54, 1.807) is 12.1 Å². The first-order chi connectivity index (χ1) is 16.9. The minimum atomic E-state index is -4.52.